The molecule has 2 unspecified atom stereocenters. The first-order valence-corrected chi connectivity index (χ1v) is 16.2. The average Bonchev–Trinajstić information content (AvgIpc) is 2.98. The number of piperidine rings is 1. The first-order valence-electron chi connectivity index (χ1n) is 14.8. The van der Waals surface area contributed by atoms with E-state index in [9.17, 15) is 18.8 Å². The molecule has 3 aromatic rings. The van der Waals surface area contributed by atoms with E-state index < -0.39 is 23.7 Å². The summed E-state index contributed by atoms with van der Waals surface area (Å²) in [5, 5.41) is 6.05. The minimum absolute atomic E-state index is 0.00463. The Morgan fingerprint density at radius 2 is 1.74 bits per heavy atom. The van der Waals surface area contributed by atoms with Crippen molar-refractivity contribution < 1.29 is 18.8 Å². The van der Waals surface area contributed by atoms with Gasteiger partial charge in [-0.2, -0.15) is 11.8 Å². The van der Waals surface area contributed by atoms with E-state index in [1.807, 2.05) is 54.8 Å². The molecule has 0 aliphatic carbocycles. The van der Waals surface area contributed by atoms with Crippen LogP contribution in [0.25, 0.3) is 0 Å². The van der Waals surface area contributed by atoms with Crippen molar-refractivity contribution in [2.24, 2.45) is 5.92 Å². The summed E-state index contributed by atoms with van der Waals surface area (Å²) in [7, 11) is 0. The van der Waals surface area contributed by atoms with Gasteiger partial charge in [0, 0.05) is 31.0 Å². The molecule has 2 atom stereocenters. The minimum atomic E-state index is -0.587. The maximum absolute atomic E-state index is 15.0. The number of rotatable bonds is 9. The highest BCUT2D eigenvalue weighted by Crippen LogP contribution is 2.39. The van der Waals surface area contributed by atoms with Crippen LogP contribution in [0.1, 0.15) is 78.7 Å². The third-order valence-corrected chi connectivity index (χ3v) is 8.62. The standard InChI is InChI=1S/C35H42FN3O3S/c1-23-9-6-13-29(36)31(23)34(42)39-19-8-12-28(33(41)38-27-11-7-10-26(21-27)35(2,3)4)32(39)25-16-14-24(15-17-25)22-37-30(40)18-20-43-5/h6-7,9-11,13-17,21,28,32H,8,12,18-20,22H2,1-5H3,(H,37,40)(H,38,41). The maximum atomic E-state index is 15.0. The largest absolute Gasteiger partial charge is 0.352 e. The first kappa shape index (κ1) is 32.3. The molecule has 0 spiro atoms. The number of anilines is 1. The van der Waals surface area contributed by atoms with Crippen LogP contribution in [0.4, 0.5) is 10.1 Å². The molecule has 1 aliphatic rings. The fourth-order valence-electron chi connectivity index (χ4n) is 5.57. The topological polar surface area (TPSA) is 78.5 Å². The molecule has 0 aromatic heterocycles. The number of aryl methyl sites for hydroxylation is 1. The summed E-state index contributed by atoms with van der Waals surface area (Å²) < 4.78 is 15.0. The van der Waals surface area contributed by atoms with Gasteiger partial charge in [-0.1, -0.05) is 69.3 Å². The van der Waals surface area contributed by atoms with E-state index in [0.29, 0.717) is 43.6 Å². The number of amides is 3. The van der Waals surface area contributed by atoms with E-state index in [0.717, 1.165) is 22.4 Å². The number of thioether (sulfide) groups is 1. The molecule has 2 N–H and O–H groups in total. The van der Waals surface area contributed by atoms with Crippen LogP contribution in [0.2, 0.25) is 0 Å². The Morgan fingerprint density at radius 1 is 1.02 bits per heavy atom. The van der Waals surface area contributed by atoms with Gasteiger partial charge < -0.3 is 15.5 Å². The highest BCUT2D eigenvalue weighted by Gasteiger charge is 2.40. The van der Waals surface area contributed by atoms with E-state index in [-0.39, 0.29) is 22.8 Å². The summed E-state index contributed by atoms with van der Waals surface area (Å²) in [4.78, 5) is 41.6. The fraction of sp³-hybridized carbons (Fsp3) is 0.400. The smallest absolute Gasteiger partial charge is 0.257 e. The first-order chi connectivity index (χ1) is 20.5. The summed E-state index contributed by atoms with van der Waals surface area (Å²) in [6.07, 6.45) is 3.64. The van der Waals surface area contributed by atoms with Gasteiger partial charge in [0.15, 0.2) is 0 Å². The van der Waals surface area contributed by atoms with Crippen molar-refractivity contribution in [2.45, 2.75) is 65.0 Å². The zero-order valence-corrected chi connectivity index (χ0v) is 26.5. The number of carbonyl (C=O) groups excluding carboxylic acids is 3. The molecule has 0 saturated carbocycles. The molecule has 3 amide bonds. The number of nitrogens with one attached hydrogen (secondary N) is 2. The van der Waals surface area contributed by atoms with Crippen molar-refractivity contribution in [3.05, 3.63) is 100 Å². The second-order valence-corrected chi connectivity index (χ2v) is 13.2. The number of likely N-dealkylation sites (tertiary alicyclic amines) is 1. The van der Waals surface area contributed by atoms with Gasteiger partial charge in [-0.3, -0.25) is 14.4 Å². The van der Waals surface area contributed by atoms with Crippen molar-refractivity contribution in [3.63, 3.8) is 0 Å². The Balaban J connectivity index is 1.65. The number of hydrogen-bond acceptors (Lipinski definition) is 4. The molecule has 1 aliphatic heterocycles. The number of nitrogens with zero attached hydrogens (tertiary/aromatic N) is 1. The van der Waals surface area contributed by atoms with Crippen LogP contribution in [0.15, 0.2) is 66.7 Å². The second kappa shape index (κ2) is 14.2. The lowest BCUT2D eigenvalue weighted by Crippen LogP contribution is -2.46. The Bertz CT molecular complexity index is 1430. The monoisotopic (exact) mass is 603 g/mol. The third-order valence-electron chi connectivity index (χ3n) is 8.00. The Labute approximate surface area is 258 Å². The summed E-state index contributed by atoms with van der Waals surface area (Å²) >= 11 is 1.63. The van der Waals surface area contributed by atoms with Crippen molar-refractivity contribution in [1.82, 2.24) is 10.2 Å². The lowest BCUT2D eigenvalue weighted by atomic mass is 9.82. The molecule has 1 fully saturated rings. The van der Waals surface area contributed by atoms with Crippen LogP contribution in [-0.2, 0) is 21.5 Å². The van der Waals surface area contributed by atoms with Gasteiger partial charge in [0.1, 0.15) is 5.82 Å². The molecule has 6 nitrogen and oxygen atoms in total. The molecule has 0 radical (unpaired) electrons. The summed E-state index contributed by atoms with van der Waals surface area (Å²) in [5.74, 6) is -0.944. The number of carbonyl (C=O) groups is 3. The van der Waals surface area contributed by atoms with Gasteiger partial charge in [-0.05, 0) is 71.9 Å². The van der Waals surface area contributed by atoms with Crippen molar-refractivity contribution in [2.75, 3.05) is 23.9 Å². The maximum Gasteiger partial charge on any atom is 0.257 e. The Morgan fingerprint density at radius 3 is 2.42 bits per heavy atom. The molecule has 228 valence electrons. The van der Waals surface area contributed by atoms with Crippen LogP contribution in [0.3, 0.4) is 0 Å². The van der Waals surface area contributed by atoms with E-state index in [2.05, 4.69) is 31.4 Å². The van der Waals surface area contributed by atoms with Gasteiger partial charge >= 0.3 is 0 Å². The molecule has 3 aromatic carbocycles. The number of hydrogen-bond donors (Lipinski definition) is 2. The Hall–Kier alpha value is -3.65. The molecule has 1 saturated heterocycles. The lowest BCUT2D eigenvalue weighted by molar-refractivity contribution is -0.123. The van der Waals surface area contributed by atoms with Crippen LogP contribution in [-0.4, -0.2) is 41.2 Å². The summed E-state index contributed by atoms with van der Waals surface area (Å²) in [6.45, 7) is 8.90. The van der Waals surface area contributed by atoms with Crippen LogP contribution in [0.5, 0.6) is 0 Å². The predicted octanol–water partition coefficient (Wildman–Crippen LogP) is 7.03. The van der Waals surface area contributed by atoms with Crippen LogP contribution in [0, 0.1) is 18.7 Å². The highest BCUT2D eigenvalue weighted by atomic mass is 32.2. The normalized spacial score (nSPS) is 16.9. The van der Waals surface area contributed by atoms with E-state index in [1.165, 1.54) is 6.07 Å². The van der Waals surface area contributed by atoms with Crippen LogP contribution >= 0.6 is 11.8 Å². The average molecular weight is 604 g/mol. The SMILES string of the molecule is CSCCC(=O)NCc1ccc(C2C(C(=O)Nc3cccc(C(C)(C)C)c3)CCCN2C(=O)c2c(C)cccc2F)cc1. The molecule has 0 bridgehead atoms. The fourth-order valence-corrected chi connectivity index (χ4v) is 5.96. The summed E-state index contributed by atoms with van der Waals surface area (Å²) in [5.41, 5.74) is 4.04. The molecule has 8 heteroatoms. The van der Waals surface area contributed by atoms with Crippen molar-refractivity contribution in [1.29, 1.82) is 0 Å². The van der Waals surface area contributed by atoms with Crippen molar-refractivity contribution in [3.8, 4) is 0 Å². The molecule has 1 heterocycles. The second-order valence-electron chi connectivity index (χ2n) is 12.2. The molecule has 4 rings (SSSR count). The van der Waals surface area contributed by atoms with Gasteiger partial charge in [-0.15, -0.1) is 0 Å². The van der Waals surface area contributed by atoms with Crippen LogP contribution < -0.4 is 10.6 Å². The predicted molar refractivity (Wildman–Crippen MR) is 173 cm³/mol. The Kier molecular flexibility index (Phi) is 10.7. The van der Waals surface area contributed by atoms with Gasteiger partial charge in [0.2, 0.25) is 11.8 Å². The molecular formula is C35H42FN3O3S. The highest BCUT2D eigenvalue weighted by molar-refractivity contribution is 7.98. The zero-order valence-electron chi connectivity index (χ0n) is 25.7. The minimum Gasteiger partial charge on any atom is -0.352 e. The van der Waals surface area contributed by atoms with Gasteiger partial charge in [0.05, 0.1) is 17.5 Å². The summed E-state index contributed by atoms with van der Waals surface area (Å²) in [6, 6.07) is 19.5. The lowest BCUT2D eigenvalue weighted by Gasteiger charge is -2.41. The van der Waals surface area contributed by atoms with E-state index >= 15 is 0 Å². The number of halogens is 1. The third kappa shape index (κ3) is 8.05. The quantitative estimate of drug-likeness (QED) is 0.275. The van der Waals surface area contributed by atoms with Gasteiger partial charge in [0.25, 0.3) is 5.91 Å². The zero-order chi connectivity index (χ0) is 31.1. The van der Waals surface area contributed by atoms with Gasteiger partial charge in [-0.25, -0.2) is 4.39 Å². The van der Waals surface area contributed by atoms with E-state index in [4.69, 9.17) is 0 Å². The van der Waals surface area contributed by atoms with E-state index in [1.54, 1.807) is 35.7 Å². The molecular weight excluding hydrogens is 561 g/mol. The number of benzene rings is 3. The molecule has 43 heavy (non-hydrogen) atoms. The van der Waals surface area contributed by atoms with Crippen molar-refractivity contribution >= 4 is 35.2 Å².